The molecule has 9 rings (SSSR count). The largest absolute Gasteiger partial charge is 0.479 e. The third-order valence-electron chi connectivity index (χ3n) is 13.2. The molecule has 1 unspecified atom stereocenters. The molecule has 358 valence electrons. The molecule has 4 amide bonds. The topological polar surface area (TPSA) is 242 Å². The maximum atomic E-state index is 14.0. The first-order valence-corrected chi connectivity index (χ1v) is 24.7. The molecule has 19 nitrogen and oxygen atoms in total. The number of aromatic nitrogens is 2. The van der Waals surface area contributed by atoms with E-state index in [4.69, 9.17) is 21.4 Å². The van der Waals surface area contributed by atoms with Crippen LogP contribution < -0.4 is 31.3 Å². The van der Waals surface area contributed by atoms with Crippen LogP contribution in [0.25, 0.3) is 21.5 Å². The Hall–Kier alpha value is -6.42. The van der Waals surface area contributed by atoms with Crippen LogP contribution in [0, 0.1) is 5.41 Å². The Morgan fingerprint density at radius 3 is 2.38 bits per heavy atom. The van der Waals surface area contributed by atoms with Gasteiger partial charge in [0.15, 0.2) is 17.2 Å². The van der Waals surface area contributed by atoms with Crippen LogP contribution in [0.4, 0.5) is 21.9 Å². The third kappa shape index (κ3) is 8.90. The number of carboxylic acid groups (broad SMARTS) is 2. The van der Waals surface area contributed by atoms with Crippen molar-refractivity contribution in [2.75, 3.05) is 54.9 Å². The number of aryl methyl sites for hydroxylation is 1. The summed E-state index contributed by atoms with van der Waals surface area (Å²) in [4.78, 5) is 78.0. The van der Waals surface area contributed by atoms with Crippen molar-refractivity contribution in [1.29, 1.82) is 0 Å². The van der Waals surface area contributed by atoms with Gasteiger partial charge in [0, 0.05) is 80.3 Å². The summed E-state index contributed by atoms with van der Waals surface area (Å²) in [6.07, 6.45) is 1.41. The number of anilines is 3. The Morgan fingerprint density at radius 2 is 1.68 bits per heavy atom. The summed E-state index contributed by atoms with van der Waals surface area (Å²) in [6.45, 7) is 5.79. The predicted molar refractivity (Wildman–Crippen MR) is 255 cm³/mol. The number of thiophene rings is 1. The monoisotopic (exact) mass is 988 g/mol. The molecule has 1 spiro atoms. The van der Waals surface area contributed by atoms with E-state index in [1.165, 1.54) is 13.4 Å². The lowest BCUT2D eigenvalue weighted by atomic mass is 9.72. The number of likely N-dealkylation sites (tertiary alicyclic amines) is 1. The fourth-order valence-electron chi connectivity index (χ4n) is 10.1. The van der Waals surface area contributed by atoms with Crippen LogP contribution in [-0.2, 0) is 37.2 Å². The Labute approximate surface area is 399 Å². The molecule has 0 aliphatic carbocycles. The number of rotatable bonds is 13. The number of carboxylic acids is 2. The zero-order valence-electron chi connectivity index (χ0n) is 37.3. The number of urea groups is 1. The maximum Gasteiger partial charge on any atom is 0.349 e. The van der Waals surface area contributed by atoms with Gasteiger partial charge >= 0.3 is 23.7 Å². The second kappa shape index (κ2) is 17.6. The Kier molecular flexibility index (Phi) is 12.1. The van der Waals surface area contributed by atoms with E-state index in [0.717, 1.165) is 17.0 Å². The number of carbonyl (C=O) groups excluding carboxylic acids is 3. The fraction of sp³-hybridized carbons (Fsp3) is 0.391. The van der Waals surface area contributed by atoms with Gasteiger partial charge in [-0.05, 0) is 86.7 Å². The SMILES string of the molecule is Cn1c(=O)n(C2CCC(=O)NC2=O)c2ccc(N3CC4(CN(C(=O)Nc5cccc(CS(=O)(=O)N6CC[C@H](Nc7cccc(-c8sc(C(=O)O)c(OCC(=O)O)c8Cl)c7)CC6(C)C)c5)C4)C3)cc21. The highest BCUT2D eigenvalue weighted by Gasteiger charge is 2.53. The number of aromatic carboxylic acids is 1. The van der Waals surface area contributed by atoms with Gasteiger partial charge in [-0.15, -0.1) is 11.3 Å². The average Bonchev–Trinajstić information content (AvgIpc) is 3.70. The van der Waals surface area contributed by atoms with Crippen molar-refractivity contribution in [3.63, 3.8) is 0 Å². The van der Waals surface area contributed by atoms with Crippen molar-refractivity contribution in [3.8, 4) is 16.2 Å². The highest BCUT2D eigenvalue weighted by molar-refractivity contribution is 7.88. The number of piperidine rings is 2. The van der Waals surface area contributed by atoms with Crippen molar-refractivity contribution in [2.45, 2.75) is 62.9 Å². The van der Waals surface area contributed by atoms with E-state index in [2.05, 4.69) is 20.9 Å². The van der Waals surface area contributed by atoms with Crippen molar-refractivity contribution >= 4 is 90.8 Å². The molecule has 0 saturated carbocycles. The molecule has 4 fully saturated rings. The number of nitrogens with zero attached hydrogens (tertiary/aromatic N) is 5. The molecule has 4 aliphatic heterocycles. The van der Waals surface area contributed by atoms with Crippen molar-refractivity contribution in [2.24, 2.45) is 12.5 Å². The number of amides is 4. The van der Waals surface area contributed by atoms with E-state index >= 15 is 0 Å². The van der Waals surface area contributed by atoms with Gasteiger partial charge in [-0.25, -0.2) is 27.6 Å². The number of sulfonamides is 1. The first-order chi connectivity index (χ1) is 32.2. The van der Waals surface area contributed by atoms with Gasteiger partial charge < -0.3 is 35.4 Å². The summed E-state index contributed by atoms with van der Waals surface area (Å²) in [6, 6.07) is 18.6. The number of hydrogen-bond acceptors (Lipinski definition) is 12. The standard InChI is InChI=1S/C46H49ClN8O11S2/c1-45(2)19-30(48-29-9-5-7-27(17-29)39-37(47)38(66-20-36(57)58)40(67-39)42(60)61)14-15-54(45)68(64,65)21-26-6-4-8-28(16-26)49-43(62)53-24-46(25-53)22-52(23-46)31-10-11-32-34(18-31)51(3)44(63)55(32)33-12-13-35(56)50-41(33)59/h4-11,16-18,30,33,48H,12-15,19-25H2,1-3H3,(H,49,62)(H,57,58)(H,60,61)(H,50,56,59)/t30-,33?/m0/s1. The van der Waals surface area contributed by atoms with E-state index in [1.54, 1.807) is 54.4 Å². The lowest BCUT2D eigenvalue weighted by Crippen LogP contribution is -2.73. The number of benzene rings is 3. The summed E-state index contributed by atoms with van der Waals surface area (Å²) in [5.41, 5.74) is 3.37. The zero-order valence-corrected chi connectivity index (χ0v) is 39.7. The van der Waals surface area contributed by atoms with Crippen LogP contribution >= 0.6 is 22.9 Å². The summed E-state index contributed by atoms with van der Waals surface area (Å²) in [5, 5.41) is 27.5. The van der Waals surface area contributed by atoms with Gasteiger partial charge in [-0.1, -0.05) is 35.9 Å². The molecule has 0 radical (unpaired) electrons. The number of fused-ring (bicyclic) bond motifs is 1. The summed E-state index contributed by atoms with van der Waals surface area (Å²) in [7, 11) is -2.14. The molecule has 6 heterocycles. The van der Waals surface area contributed by atoms with E-state index in [-0.39, 0.29) is 69.9 Å². The second-order valence-electron chi connectivity index (χ2n) is 18.6. The Bertz CT molecular complexity index is 3080. The minimum absolute atomic E-state index is 0.00240. The van der Waals surface area contributed by atoms with E-state index in [9.17, 15) is 42.3 Å². The molecule has 4 saturated heterocycles. The fourth-order valence-corrected chi connectivity index (χ4v) is 13.4. The normalized spacial score (nSPS) is 20.1. The number of imidazole rings is 1. The highest BCUT2D eigenvalue weighted by atomic mass is 35.5. The summed E-state index contributed by atoms with van der Waals surface area (Å²) >= 11 is 7.40. The van der Waals surface area contributed by atoms with Crippen molar-refractivity contribution < 1.29 is 47.3 Å². The lowest BCUT2D eigenvalue weighted by Gasteiger charge is -2.60. The molecule has 2 atom stereocenters. The van der Waals surface area contributed by atoms with Crippen molar-refractivity contribution in [3.05, 3.63) is 92.7 Å². The number of carbonyl (C=O) groups is 5. The summed E-state index contributed by atoms with van der Waals surface area (Å²) < 4.78 is 37.8. The molecule has 22 heteroatoms. The van der Waals surface area contributed by atoms with Crippen LogP contribution in [0.1, 0.15) is 60.8 Å². The van der Waals surface area contributed by atoms with Crippen LogP contribution in [-0.4, -0.2) is 118 Å². The Balaban J connectivity index is 0.776. The molecular weight excluding hydrogens is 940 g/mol. The predicted octanol–water partition coefficient (Wildman–Crippen LogP) is 5.40. The van der Waals surface area contributed by atoms with Gasteiger partial charge in [0.25, 0.3) is 0 Å². The number of nitrogens with one attached hydrogen (secondary N) is 3. The number of hydrogen-bond donors (Lipinski definition) is 5. The number of aliphatic carboxylic acids is 1. The highest BCUT2D eigenvalue weighted by Crippen LogP contribution is 2.47. The molecular formula is C46H49ClN8O11S2. The molecule has 2 aromatic heterocycles. The molecule has 3 aromatic carbocycles. The average molecular weight is 990 g/mol. The third-order valence-corrected chi connectivity index (χ3v) is 16.9. The second-order valence-corrected chi connectivity index (χ2v) is 21.9. The molecule has 5 N–H and O–H groups in total. The first kappa shape index (κ1) is 46.7. The quantitative estimate of drug-likeness (QED) is 0.0930. The molecule has 68 heavy (non-hydrogen) atoms. The van der Waals surface area contributed by atoms with Gasteiger partial charge in [0.05, 0.1) is 21.7 Å². The van der Waals surface area contributed by atoms with Crippen LogP contribution in [0.15, 0.2) is 71.5 Å². The molecule has 0 bridgehead atoms. The number of ether oxygens (including phenoxy) is 1. The Morgan fingerprint density at radius 1 is 0.941 bits per heavy atom. The van der Waals surface area contributed by atoms with E-state index in [1.807, 2.05) is 38.1 Å². The molecule has 5 aromatic rings. The van der Waals surface area contributed by atoms with Crippen LogP contribution in [0.5, 0.6) is 5.75 Å². The smallest absolute Gasteiger partial charge is 0.349 e. The number of halogens is 1. The number of imide groups is 1. The van der Waals surface area contributed by atoms with Crippen molar-refractivity contribution in [1.82, 2.24) is 23.7 Å². The first-order valence-electron chi connectivity index (χ1n) is 21.9. The lowest BCUT2D eigenvalue weighted by molar-refractivity contribution is -0.139. The summed E-state index contributed by atoms with van der Waals surface area (Å²) in [5.74, 6) is -3.87. The minimum atomic E-state index is -3.80. The van der Waals surface area contributed by atoms with Crippen LogP contribution in [0.2, 0.25) is 5.02 Å². The van der Waals surface area contributed by atoms with E-state index in [0.29, 0.717) is 77.4 Å². The van der Waals surface area contributed by atoms with Gasteiger partial charge in [-0.2, -0.15) is 4.31 Å². The minimum Gasteiger partial charge on any atom is -0.479 e. The zero-order chi connectivity index (χ0) is 48.4. The van der Waals surface area contributed by atoms with Crippen LogP contribution in [0.3, 0.4) is 0 Å². The van der Waals surface area contributed by atoms with Gasteiger partial charge in [0.2, 0.25) is 21.8 Å². The van der Waals surface area contributed by atoms with Gasteiger partial charge in [-0.3, -0.25) is 24.0 Å². The maximum absolute atomic E-state index is 14.0. The molecule has 4 aliphatic rings. The van der Waals surface area contributed by atoms with E-state index < -0.39 is 46.1 Å². The van der Waals surface area contributed by atoms with Gasteiger partial charge in [0.1, 0.15) is 11.1 Å².